The van der Waals surface area contributed by atoms with Crippen LogP contribution in [0.25, 0.3) is 0 Å². The van der Waals surface area contributed by atoms with E-state index in [9.17, 15) is 14.7 Å². The fourth-order valence-electron chi connectivity index (χ4n) is 1.92. The number of carbonyl (C=O) groups excluding carboxylic acids is 2. The average molecular weight is 318 g/mol. The number of thiophene rings is 1. The normalized spacial score (nSPS) is 11.7. The molecule has 2 aromatic rings. The minimum absolute atomic E-state index is 0.119. The van der Waals surface area contributed by atoms with Crippen LogP contribution in [-0.2, 0) is 0 Å². The Bertz CT molecular complexity index is 637. The summed E-state index contributed by atoms with van der Waals surface area (Å²) in [6.07, 6.45) is 0.631. The summed E-state index contributed by atoms with van der Waals surface area (Å²) < 4.78 is 0. The van der Waals surface area contributed by atoms with Crippen molar-refractivity contribution in [3.05, 3.63) is 52.2 Å². The fraction of sp³-hybridized carbons (Fsp3) is 0.250. The van der Waals surface area contributed by atoms with E-state index in [0.717, 1.165) is 0 Å². The fourth-order valence-corrected chi connectivity index (χ4v) is 2.55. The lowest BCUT2D eigenvalue weighted by molar-refractivity contribution is 0.0916. The Hall–Kier alpha value is -2.18. The van der Waals surface area contributed by atoms with Gasteiger partial charge in [-0.1, -0.05) is 19.1 Å². The summed E-state index contributed by atoms with van der Waals surface area (Å²) in [6, 6.07) is 8.23. The van der Waals surface area contributed by atoms with Crippen LogP contribution in [0.15, 0.2) is 41.1 Å². The van der Waals surface area contributed by atoms with Gasteiger partial charge < -0.3 is 15.7 Å². The molecule has 0 radical (unpaired) electrons. The minimum Gasteiger partial charge on any atom is -0.394 e. The van der Waals surface area contributed by atoms with Crippen molar-refractivity contribution in [3.63, 3.8) is 0 Å². The molecule has 2 rings (SSSR count). The lowest BCUT2D eigenvalue weighted by atomic mass is 10.1. The molecule has 0 aliphatic heterocycles. The Morgan fingerprint density at radius 2 is 2.00 bits per heavy atom. The van der Waals surface area contributed by atoms with Crippen LogP contribution in [0.4, 0.5) is 5.69 Å². The van der Waals surface area contributed by atoms with E-state index in [4.69, 9.17) is 0 Å². The van der Waals surface area contributed by atoms with Crippen LogP contribution < -0.4 is 10.6 Å². The van der Waals surface area contributed by atoms with Crippen molar-refractivity contribution in [1.29, 1.82) is 0 Å². The van der Waals surface area contributed by atoms with Crippen LogP contribution in [0, 0.1) is 0 Å². The van der Waals surface area contributed by atoms with Crippen molar-refractivity contribution in [2.24, 2.45) is 0 Å². The summed E-state index contributed by atoms with van der Waals surface area (Å²) >= 11 is 1.44. The minimum atomic E-state index is -0.317. The number of anilines is 1. The van der Waals surface area contributed by atoms with E-state index in [1.54, 1.807) is 35.7 Å². The van der Waals surface area contributed by atoms with Gasteiger partial charge in [-0.25, -0.2) is 0 Å². The first-order valence-electron chi connectivity index (χ1n) is 7.00. The summed E-state index contributed by atoms with van der Waals surface area (Å²) in [5, 5.41) is 18.2. The monoisotopic (exact) mass is 318 g/mol. The molecule has 0 saturated heterocycles. The van der Waals surface area contributed by atoms with E-state index in [1.807, 2.05) is 12.3 Å². The number of aliphatic hydroxyl groups excluding tert-OH is 1. The van der Waals surface area contributed by atoms with Gasteiger partial charge in [0, 0.05) is 5.38 Å². The highest BCUT2D eigenvalue weighted by Gasteiger charge is 2.16. The van der Waals surface area contributed by atoms with Gasteiger partial charge in [0.05, 0.1) is 29.5 Å². The molecule has 6 heteroatoms. The topological polar surface area (TPSA) is 78.4 Å². The van der Waals surface area contributed by atoms with Crippen molar-refractivity contribution in [1.82, 2.24) is 5.32 Å². The maximum atomic E-state index is 12.3. The Morgan fingerprint density at radius 3 is 2.64 bits per heavy atom. The molecule has 5 nitrogen and oxygen atoms in total. The summed E-state index contributed by atoms with van der Waals surface area (Å²) in [6.45, 7) is 1.76. The quantitative estimate of drug-likeness (QED) is 0.766. The molecular weight excluding hydrogens is 300 g/mol. The van der Waals surface area contributed by atoms with Crippen molar-refractivity contribution in [3.8, 4) is 0 Å². The Balaban J connectivity index is 2.16. The van der Waals surface area contributed by atoms with Crippen LogP contribution in [0.3, 0.4) is 0 Å². The number of carbonyl (C=O) groups is 2. The van der Waals surface area contributed by atoms with Gasteiger partial charge in [-0.05, 0) is 30.0 Å². The maximum absolute atomic E-state index is 12.3. The Morgan fingerprint density at radius 1 is 1.23 bits per heavy atom. The zero-order chi connectivity index (χ0) is 15.9. The number of hydrogen-bond donors (Lipinski definition) is 3. The largest absolute Gasteiger partial charge is 0.394 e. The molecule has 22 heavy (non-hydrogen) atoms. The molecule has 0 aliphatic rings. The average Bonchev–Trinajstić information content (AvgIpc) is 3.07. The van der Waals surface area contributed by atoms with Gasteiger partial charge >= 0.3 is 0 Å². The lowest BCUT2D eigenvalue weighted by Crippen LogP contribution is -2.37. The summed E-state index contributed by atoms with van der Waals surface area (Å²) in [4.78, 5) is 24.4. The molecule has 1 heterocycles. The van der Waals surface area contributed by atoms with Crippen molar-refractivity contribution >= 4 is 28.8 Å². The molecule has 0 aliphatic carbocycles. The summed E-state index contributed by atoms with van der Waals surface area (Å²) in [5.74, 6) is -0.571. The number of nitrogens with one attached hydrogen (secondary N) is 2. The highest BCUT2D eigenvalue weighted by atomic mass is 32.1. The molecule has 0 bridgehead atoms. The van der Waals surface area contributed by atoms with E-state index in [0.29, 0.717) is 23.2 Å². The van der Waals surface area contributed by atoms with Crippen molar-refractivity contribution < 1.29 is 14.7 Å². The van der Waals surface area contributed by atoms with Gasteiger partial charge in [0.25, 0.3) is 11.8 Å². The highest BCUT2D eigenvalue weighted by Crippen LogP contribution is 2.17. The molecule has 116 valence electrons. The molecule has 0 spiro atoms. The van der Waals surface area contributed by atoms with Gasteiger partial charge in [-0.15, -0.1) is 0 Å². The molecule has 1 aromatic carbocycles. The van der Waals surface area contributed by atoms with Crippen LogP contribution in [-0.4, -0.2) is 29.6 Å². The Kier molecular flexibility index (Phi) is 5.68. The molecule has 2 amide bonds. The summed E-state index contributed by atoms with van der Waals surface area (Å²) in [5.41, 5.74) is 1.38. The third kappa shape index (κ3) is 3.93. The zero-order valence-corrected chi connectivity index (χ0v) is 13.0. The van der Waals surface area contributed by atoms with Crippen LogP contribution in [0.5, 0.6) is 0 Å². The number of para-hydroxylation sites is 1. The third-order valence-corrected chi connectivity index (χ3v) is 3.93. The number of amides is 2. The smallest absolute Gasteiger partial charge is 0.256 e. The summed E-state index contributed by atoms with van der Waals surface area (Å²) in [7, 11) is 0. The van der Waals surface area contributed by atoms with Gasteiger partial charge in [-0.2, -0.15) is 11.3 Å². The Labute approximate surface area is 133 Å². The molecule has 3 N–H and O–H groups in total. The lowest BCUT2D eigenvalue weighted by Gasteiger charge is -2.16. The number of rotatable bonds is 6. The van der Waals surface area contributed by atoms with E-state index in [1.165, 1.54) is 11.3 Å². The number of hydrogen-bond acceptors (Lipinski definition) is 4. The van der Waals surface area contributed by atoms with Gasteiger partial charge in [0.2, 0.25) is 0 Å². The second-order valence-electron chi connectivity index (χ2n) is 4.77. The second-order valence-corrected chi connectivity index (χ2v) is 5.55. The molecule has 0 fully saturated rings. The highest BCUT2D eigenvalue weighted by molar-refractivity contribution is 7.08. The van der Waals surface area contributed by atoms with Crippen LogP contribution >= 0.6 is 11.3 Å². The molecule has 0 saturated carbocycles. The third-order valence-electron chi connectivity index (χ3n) is 3.25. The van der Waals surface area contributed by atoms with E-state index < -0.39 is 0 Å². The maximum Gasteiger partial charge on any atom is 0.256 e. The first kappa shape index (κ1) is 16.2. The zero-order valence-electron chi connectivity index (χ0n) is 12.2. The van der Waals surface area contributed by atoms with Gasteiger partial charge in [-0.3, -0.25) is 9.59 Å². The first-order chi connectivity index (χ1) is 10.7. The second kappa shape index (κ2) is 7.72. The van der Waals surface area contributed by atoms with Crippen LogP contribution in [0.1, 0.15) is 34.1 Å². The molecule has 1 atom stereocenters. The number of benzene rings is 1. The first-order valence-corrected chi connectivity index (χ1v) is 7.94. The van der Waals surface area contributed by atoms with Crippen LogP contribution in [0.2, 0.25) is 0 Å². The number of aliphatic hydroxyl groups is 1. The standard InChI is InChI=1S/C16H18N2O3S/c1-2-12(9-19)17-16(21)13-5-3-4-6-14(13)18-15(20)11-7-8-22-10-11/h3-8,10,12,19H,2,9H2,1H3,(H,17,21)(H,18,20). The molecule has 1 aromatic heterocycles. The van der Waals surface area contributed by atoms with E-state index in [2.05, 4.69) is 10.6 Å². The molecule has 1 unspecified atom stereocenters. The SMILES string of the molecule is CCC(CO)NC(=O)c1ccccc1NC(=O)c1ccsc1. The van der Waals surface area contributed by atoms with Crippen molar-refractivity contribution in [2.75, 3.05) is 11.9 Å². The van der Waals surface area contributed by atoms with Gasteiger partial charge in [0.1, 0.15) is 0 Å². The van der Waals surface area contributed by atoms with Crippen molar-refractivity contribution in [2.45, 2.75) is 19.4 Å². The predicted molar refractivity (Wildman–Crippen MR) is 87.3 cm³/mol. The molecular formula is C16H18N2O3S. The van der Waals surface area contributed by atoms with E-state index >= 15 is 0 Å². The van der Waals surface area contributed by atoms with E-state index in [-0.39, 0.29) is 24.5 Å². The predicted octanol–water partition coefficient (Wildman–Crippen LogP) is 2.50. The van der Waals surface area contributed by atoms with Gasteiger partial charge in [0.15, 0.2) is 0 Å².